The van der Waals surface area contributed by atoms with E-state index in [2.05, 4.69) is 20.6 Å². The Morgan fingerprint density at radius 2 is 1.87 bits per heavy atom. The molecule has 0 aliphatic carbocycles. The van der Waals surface area contributed by atoms with Gasteiger partial charge in [0.15, 0.2) is 5.96 Å². The number of nitrogens with zero attached hydrogens (tertiary/aromatic N) is 2. The lowest BCUT2D eigenvalue weighted by Gasteiger charge is -2.12. The first-order valence-electron chi connectivity index (χ1n) is 10.1. The van der Waals surface area contributed by atoms with Crippen molar-refractivity contribution in [2.24, 2.45) is 4.99 Å². The maximum atomic E-state index is 13.0. The van der Waals surface area contributed by atoms with Crippen LogP contribution in [0.1, 0.15) is 30.7 Å². The molecule has 0 spiro atoms. The third-order valence-electron chi connectivity index (χ3n) is 4.52. The van der Waals surface area contributed by atoms with Gasteiger partial charge in [0.25, 0.3) is 0 Å². The van der Waals surface area contributed by atoms with Crippen LogP contribution < -0.4 is 10.6 Å². The van der Waals surface area contributed by atoms with Crippen LogP contribution in [0.5, 0.6) is 0 Å². The summed E-state index contributed by atoms with van der Waals surface area (Å²) in [5, 5.41) is 16.7. The van der Waals surface area contributed by atoms with E-state index in [-0.39, 0.29) is 29.8 Å². The van der Waals surface area contributed by atoms with Crippen molar-refractivity contribution in [1.82, 2.24) is 15.6 Å². The molecule has 3 aromatic rings. The molecule has 3 N–H and O–H groups in total. The van der Waals surface area contributed by atoms with Gasteiger partial charge in [0, 0.05) is 31.6 Å². The number of aliphatic hydroxyl groups is 1. The Balaban J connectivity index is 0.00000341. The fraction of sp³-hybridized carbons (Fsp3) is 0.304. The van der Waals surface area contributed by atoms with Gasteiger partial charge in [-0.1, -0.05) is 30.3 Å². The number of oxazole rings is 1. The smallest absolute Gasteiger partial charge is 0.226 e. The summed E-state index contributed by atoms with van der Waals surface area (Å²) in [7, 11) is 0. The molecule has 0 saturated carbocycles. The molecule has 2 aromatic carbocycles. The molecule has 0 amide bonds. The summed E-state index contributed by atoms with van der Waals surface area (Å²) in [6.45, 7) is 3.88. The Morgan fingerprint density at radius 1 is 1.13 bits per heavy atom. The Bertz CT molecular complexity index is 932. The van der Waals surface area contributed by atoms with Crippen LogP contribution in [0.2, 0.25) is 0 Å². The lowest BCUT2D eigenvalue weighted by Crippen LogP contribution is -2.38. The van der Waals surface area contributed by atoms with Crippen molar-refractivity contribution in [3.8, 4) is 11.5 Å². The molecule has 1 aromatic heterocycles. The van der Waals surface area contributed by atoms with Gasteiger partial charge in [-0.25, -0.2) is 9.37 Å². The van der Waals surface area contributed by atoms with Crippen LogP contribution in [-0.2, 0) is 6.42 Å². The minimum Gasteiger partial charge on any atom is -0.444 e. The van der Waals surface area contributed by atoms with Crippen molar-refractivity contribution < 1.29 is 13.9 Å². The van der Waals surface area contributed by atoms with Crippen molar-refractivity contribution in [1.29, 1.82) is 0 Å². The molecule has 166 valence electrons. The number of nitrogens with one attached hydrogen (secondary N) is 2. The predicted molar refractivity (Wildman–Crippen MR) is 131 cm³/mol. The van der Waals surface area contributed by atoms with Gasteiger partial charge in [-0.05, 0) is 43.2 Å². The zero-order valence-corrected chi connectivity index (χ0v) is 19.8. The molecule has 1 unspecified atom stereocenters. The molecule has 1 heterocycles. The van der Waals surface area contributed by atoms with E-state index in [1.165, 1.54) is 12.1 Å². The molecule has 8 heteroatoms. The van der Waals surface area contributed by atoms with Gasteiger partial charge in [0.2, 0.25) is 5.89 Å². The second kappa shape index (κ2) is 13.1. The molecule has 0 radical (unpaired) electrons. The molecule has 6 nitrogen and oxygen atoms in total. The Labute approximate surface area is 199 Å². The van der Waals surface area contributed by atoms with Crippen molar-refractivity contribution in [3.63, 3.8) is 0 Å². The van der Waals surface area contributed by atoms with E-state index in [0.29, 0.717) is 37.8 Å². The maximum Gasteiger partial charge on any atom is 0.226 e. The van der Waals surface area contributed by atoms with E-state index in [4.69, 9.17) is 4.42 Å². The predicted octanol–water partition coefficient (Wildman–Crippen LogP) is 4.32. The van der Waals surface area contributed by atoms with Gasteiger partial charge in [-0.3, -0.25) is 4.99 Å². The number of benzene rings is 2. The second-order valence-electron chi connectivity index (χ2n) is 6.80. The van der Waals surface area contributed by atoms with Gasteiger partial charge in [-0.2, -0.15) is 0 Å². The number of aliphatic imine (C=N–C) groups is 1. The third-order valence-corrected chi connectivity index (χ3v) is 4.52. The second-order valence-corrected chi connectivity index (χ2v) is 6.80. The number of aliphatic hydroxyl groups excluding tert-OH is 1. The highest BCUT2D eigenvalue weighted by atomic mass is 127. The van der Waals surface area contributed by atoms with Crippen LogP contribution in [0.4, 0.5) is 4.39 Å². The molecule has 31 heavy (non-hydrogen) atoms. The first kappa shape index (κ1) is 24.8. The molecular formula is C23H28FIN4O2. The van der Waals surface area contributed by atoms with Crippen LogP contribution >= 0.6 is 24.0 Å². The fourth-order valence-electron chi connectivity index (χ4n) is 2.94. The van der Waals surface area contributed by atoms with Gasteiger partial charge < -0.3 is 20.2 Å². The van der Waals surface area contributed by atoms with Crippen molar-refractivity contribution >= 4 is 29.9 Å². The van der Waals surface area contributed by atoms with Gasteiger partial charge in [-0.15, -0.1) is 24.0 Å². The van der Waals surface area contributed by atoms with Crippen LogP contribution in [0.3, 0.4) is 0 Å². The summed E-state index contributed by atoms with van der Waals surface area (Å²) in [5.41, 5.74) is 2.44. The molecule has 0 saturated heterocycles. The molecule has 1 atom stereocenters. The summed E-state index contributed by atoms with van der Waals surface area (Å²) >= 11 is 0. The zero-order chi connectivity index (χ0) is 21.2. The number of aromatic nitrogens is 1. The Morgan fingerprint density at radius 3 is 2.58 bits per heavy atom. The summed E-state index contributed by atoms with van der Waals surface area (Å²) in [6, 6.07) is 15.6. The van der Waals surface area contributed by atoms with E-state index in [1.54, 1.807) is 18.4 Å². The van der Waals surface area contributed by atoms with E-state index in [1.807, 2.05) is 37.3 Å². The molecule has 3 rings (SSSR count). The summed E-state index contributed by atoms with van der Waals surface area (Å²) < 4.78 is 18.5. The van der Waals surface area contributed by atoms with E-state index < -0.39 is 6.10 Å². The van der Waals surface area contributed by atoms with Crippen molar-refractivity contribution in [3.05, 3.63) is 77.9 Å². The minimum atomic E-state index is -0.530. The largest absolute Gasteiger partial charge is 0.444 e. The number of halogens is 2. The standard InChI is InChI=1S/C23H27FN4O2.HI/c1-2-25-23(27-15-13-21(29)17-6-4-3-5-7-17)26-14-12-20-16-30-22(28-20)18-8-10-19(24)11-9-18;/h3-11,16,21,29H,2,12-15H2,1H3,(H2,25,26,27);1H. The van der Waals surface area contributed by atoms with Crippen molar-refractivity contribution in [2.45, 2.75) is 25.9 Å². The molecular weight excluding hydrogens is 510 g/mol. The van der Waals surface area contributed by atoms with Gasteiger partial charge in [0.05, 0.1) is 11.8 Å². The highest BCUT2D eigenvalue weighted by Crippen LogP contribution is 2.19. The molecule has 0 aliphatic heterocycles. The summed E-state index contributed by atoms with van der Waals surface area (Å²) in [4.78, 5) is 8.98. The normalized spacial score (nSPS) is 12.2. The SMILES string of the molecule is CCNC(=NCCC(O)c1ccccc1)NCCc1coc(-c2ccc(F)cc2)n1.I. The van der Waals surface area contributed by atoms with E-state index in [0.717, 1.165) is 23.4 Å². The molecule has 0 aliphatic rings. The molecule has 0 fully saturated rings. The van der Waals surface area contributed by atoms with E-state index in [9.17, 15) is 9.50 Å². The van der Waals surface area contributed by atoms with Crippen LogP contribution in [0.15, 0.2) is 70.3 Å². The lowest BCUT2D eigenvalue weighted by atomic mass is 10.1. The fourth-order valence-corrected chi connectivity index (χ4v) is 2.94. The topological polar surface area (TPSA) is 82.7 Å². The van der Waals surface area contributed by atoms with Crippen molar-refractivity contribution in [2.75, 3.05) is 19.6 Å². The minimum absolute atomic E-state index is 0. The van der Waals surface area contributed by atoms with Gasteiger partial charge in [0.1, 0.15) is 12.1 Å². The summed E-state index contributed by atoms with van der Waals surface area (Å²) in [5.74, 6) is 0.877. The van der Waals surface area contributed by atoms with Crippen LogP contribution in [0, 0.1) is 5.82 Å². The average Bonchev–Trinajstić information content (AvgIpc) is 3.23. The number of rotatable bonds is 9. The van der Waals surface area contributed by atoms with Crippen LogP contribution in [-0.4, -0.2) is 35.7 Å². The number of hydrogen-bond acceptors (Lipinski definition) is 4. The maximum absolute atomic E-state index is 13.0. The lowest BCUT2D eigenvalue weighted by molar-refractivity contribution is 0.170. The monoisotopic (exact) mass is 538 g/mol. The number of hydrogen-bond donors (Lipinski definition) is 3. The van der Waals surface area contributed by atoms with Crippen LogP contribution in [0.25, 0.3) is 11.5 Å². The third kappa shape index (κ3) is 7.95. The quantitative estimate of drug-likeness (QED) is 0.215. The first-order valence-corrected chi connectivity index (χ1v) is 10.1. The highest BCUT2D eigenvalue weighted by Gasteiger charge is 2.08. The average molecular weight is 538 g/mol. The van der Waals surface area contributed by atoms with E-state index >= 15 is 0 Å². The zero-order valence-electron chi connectivity index (χ0n) is 17.4. The highest BCUT2D eigenvalue weighted by molar-refractivity contribution is 14.0. The molecule has 0 bridgehead atoms. The Hall–Kier alpha value is -2.46. The van der Waals surface area contributed by atoms with Gasteiger partial charge >= 0.3 is 0 Å². The Kier molecular flexibility index (Phi) is 10.5. The summed E-state index contributed by atoms with van der Waals surface area (Å²) in [6.07, 6.45) is 2.28. The first-order chi connectivity index (χ1) is 14.7. The number of guanidine groups is 1.